The molecule has 0 amide bonds. The van der Waals surface area contributed by atoms with Gasteiger partial charge in [-0.05, 0) is 25.6 Å². The quantitative estimate of drug-likeness (QED) is 0.787. The molecular formula is C10H14N4O2S. The van der Waals surface area contributed by atoms with Crippen LogP contribution in [0, 0.1) is 4.77 Å². The second-order valence-corrected chi connectivity index (χ2v) is 4.48. The van der Waals surface area contributed by atoms with Crippen LogP contribution in [0.15, 0.2) is 9.59 Å². The van der Waals surface area contributed by atoms with Gasteiger partial charge in [0, 0.05) is 13.1 Å². The zero-order valence-electron chi connectivity index (χ0n) is 9.90. The van der Waals surface area contributed by atoms with Crippen molar-refractivity contribution >= 4 is 23.4 Å². The highest BCUT2D eigenvalue weighted by Gasteiger charge is 2.15. The molecule has 2 heterocycles. The van der Waals surface area contributed by atoms with Crippen molar-refractivity contribution in [2.24, 2.45) is 7.05 Å². The highest BCUT2D eigenvalue weighted by Crippen LogP contribution is 2.12. The van der Waals surface area contributed by atoms with E-state index in [1.54, 1.807) is 4.57 Å². The Morgan fingerprint density at radius 2 is 2.00 bits per heavy atom. The number of nitrogens with zero attached hydrogens (tertiary/aromatic N) is 2. The second kappa shape index (κ2) is 3.99. The molecular weight excluding hydrogens is 240 g/mol. The fourth-order valence-electron chi connectivity index (χ4n) is 1.81. The molecule has 2 aromatic rings. The lowest BCUT2D eigenvalue weighted by molar-refractivity contribution is 0.500. The van der Waals surface area contributed by atoms with E-state index in [9.17, 15) is 9.59 Å². The molecule has 0 saturated carbocycles. The van der Waals surface area contributed by atoms with E-state index in [-0.39, 0.29) is 17.3 Å². The molecule has 6 nitrogen and oxygen atoms in total. The van der Waals surface area contributed by atoms with E-state index in [2.05, 4.69) is 9.97 Å². The third-order valence-corrected chi connectivity index (χ3v) is 3.20. The maximum Gasteiger partial charge on any atom is 0.332 e. The van der Waals surface area contributed by atoms with Crippen molar-refractivity contribution in [2.45, 2.75) is 26.3 Å². The standard InChI is InChI=1S/C10H14N4O2S/c1-4-5(2)14-7-6(11-9(17)12-7)8(15)13(3)10(14)16/h5H,4H2,1-3H3,(H2,11,12,17). The summed E-state index contributed by atoms with van der Waals surface area (Å²) in [5.74, 6) is 0. The fraction of sp³-hybridized carbons (Fsp3) is 0.500. The number of H-pyrrole nitrogens is 2. The molecule has 2 N–H and O–H groups in total. The third-order valence-electron chi connectivity index (χ3n) is 2.99. The first-order valence-corrected chi connectivity index (χ1v) is 5.81. The molecule has 0 radical (unpaired) electrons. The molecule has 1 unspecified atom stereocenters. The molecule has 2 aromatic heterocycles. The van der Waals surface area contributed by atoms with E-state index >= 15 is 0 Å². The predicted octanol–water partition coefficient (Wildman–Crippen LogP) is 1.06. The number of rotatable bonds is 2. The van der Waals surface area contributed by atoms with E-state index in [0.29, 0.717) is 15.9 Å². The summed E-state index contributed by atoms with van der Waals surface area (Å²) in [5, 5.41) is 0. The number of aromatic nitrogens is 4. The minimum atomic E-state index is -0.364. The summed E-state index contributed by atoms with van der Waals surface area (Å²) >= 11 is 4.97. The van der Waals surface area contributed by atoms with Crippen LogP contribution in [0.25, 0.3) is 11.2 Å². The number of aromatic amines is 2. The van der Waals surface area contributed by atoms with E-state index in [0.717, 1.165) is 11.0 Å². The summed E-state index contributed by atoms with van der Waals surface area (Å²) in [6.45, 7) is 3.91. The van der Waals surface area contributed by atoms with Crippen molar-refractivity contribution in [1.82, 2.24) is 19.1 Å². The largest absolute Gasteiger partial charge is 0.332 e. The molecule has 0 aliphatic rings. The Bertz CT molecular complexity index is 733. The van der Waals surface area contributed by atoms with Gasteiger partial charge in [0.2, 0.25) is 0 Å². The number of imidazole rings is 1. The molecule has 2 rings (SSSR count). The lowest BCUT2D eigenvalue weighted by Crippen LogP contribution is -2.39. The SMILES string of the molecule is CCC(C)n1c(=O)n(C)c(=O)c2[nH]c(=S)[nH]c21. The van der Waals surface area contributed by atoms with Crippen LogP contribution >= 0.6 is 12.2 Å². The van der Waals surface area contributed by atoms with E-state index < -0.39 is 0 Å². The van der Waals surface area contributed by atoms with Gasteiger partial charge in [-0.2, -0.15) is 0 Å². The van der Waals surface area contributed by atoms with Crippen molar-refractivity contribution in [3.63, 3.8) is 0 Å². The van der Waals surface area contributed by atoms with Crippen molar-refractivity contribution in [1.29, 1.82) is 0 Å². The summed E-state index contributed by atoms with van der Waals surface area (Å²) in [7, 11) is 1.47. The number of nitrogens with one attached hydrogen (secondary N) is 2. The lowest BCUT2D eigenvalue weighted by atomic mass is 10.2. The Labute approximate surface area is 102 Å². The van der Waals surface area contributed by atoms with Crippen molar-refractivity contribution < 1.29 is 0 Å². The van der Waals surface area contributed by atoms with Crippen LogP contribution < -0.4 is 11.2 Å². The molecule has 0 aliphatic heterocycles. The molecule has 1 atom stereocenters. The topological polar surface area (TPSA) is 75.6 Å². The van der Waals surface area contributed by atoms with Crippen LogP contribution in [-0.4, -0.2) is 19.1 Å². The zero-order valence-corrected chi connectivity index (χ0v) is 10.7. The summed E-state index contributed by atoms with van der Waals surface area (Å²) < 4.78 is 3.00. The molecule has 0 aliphatic carbocycles. The van der Waals surface area contributed by atoms with Crippen molar-refractivity contribution in [3.05, 3.63) is 25.6 Å². The number of hydrogen-bond acceptors (Lipinski definition) is 3. The Morgan fingerprint density at radius 3 is 2.59 bits per heavy atom. The average Bonchev–Trinajstić information content (AvgIpc) is 2.68. The fourth-order valence-corrected chi connectivity index (χ4v) is 2.01. The first kappa shape index (κ1) is 11.8. The third kappa shape index (κ3) is 1.66. The van der Waals surface area contributed by atoms with Gasteiger partial charge in [0.25, 0.3) is 5.56 Å². The van der Waals surface area contributed by atoms with Crippen LogP contribution in [0.2, 0.25) is 0 Å². The van der Waals surface area contributed by atoms with Crippen LogP contribution in [-0.2, 0) is 7.05 Å². The molecule has 17 heavy (non-hydrogen) atoms. The Morgan fingerprint density at radius 1 is 1.35 bits per heavy atom. The second-order valence-electron chi connectivity index (χ2n) is 4.08. The highest BCUT2D eigenvalue weighted by atomic mass is 32.1. The van der Waals surface area contributed by atoms with Gasteiger partial charge < -0.3 is 9.97 Å². The maximum absolute atomic E-state index is 12.1. The first-order valence-electron chi connectivity index (χ1n) is 5.40. The summed E-state index contributed by atoms with van der Waals surface area (Å²) in [6, 6.07) is -0.00162. The number of hydrogen-bond donors (Lipinski definition) is 2. The van der Waals surface area contributed by atoms with Crippen LogP contribution in [0.5, 0.6) is 0 Å². The van der Waals surface area contributed by atoms with Crippen LogP contribution in [0.1, 0.15) is 26.3 Å². The van der Waals surface area contributed by atoms with Gasteiger partial charge >= 0.3 is 5.69 Å². The monoisotopic (exact) mass is 254 g/mol. The molecule has 0 fully saturated rings. The van der Waals surface area contributed by atoms with Gasteiger partial charge in [-0.15, -0.1) is 0 Å². The van der Waals surface area contributed by atoms with Crippen molar-refractivity contribution in [3.8, 4) is 0 Å². The first-order chi connectivity index (χ1) is 7.97. The Hall–Kier alpha value is -1.63. The molecule has 7 heteroatoms. The van der Waals surface area contributed by atoms with Crippen LogP contribution in [0.3, 0.4) is 0 Å². The molecule has 0 bridgehead atoms. The Kier molecular flexibility index (Phi) is 2.78. The Balaban J connectivity index is 3.05. The van der Waals surface area contributed by atoms with E-state index in [4.69, 9.17) is 12.2 Å². The molecule has 0 spiro atoms. The lowest BCUT2D eigenvalue weighted by Gasteiger charge is -2.14. The average molecular weight is 254 g/mol. The van der Waals surface area contributed by atoms with Gasteiger partial charge in [-0.3, -0.25) is 13.9 Å². The van der Waals surface area contributed by atoms with E-state index in [1.165, 1.54) is 7.05 Å². The molecule has 0 aromatic carbocycles. The minimum Gasteiger partial charge on any atom is -0.325 e. The molecule has 92 valence electrons. The molecule has 0 saturated heterocycles. The van der Waals surface area contributed by atoms with Gasteiger partial charge in [0.1, 0.15) is 11.2 Å². The number of fused-ring (bicyclic) bond motifs is 1. The summed E-state index contributed by atoms with van der Waals surface area (Å²) in [6.07, 6.45) is 0.791. The van der Waals surface area contributed by atoms with Gasteiger partial charge in [0.05, 0.1) is 0 Å². The van der Waals surface area contributed by atoms with Gasteiger partial charge in [-0.1, -0.05) is 6.92 Å². The van der Waals surface area contributed by atoms with Gasteiger partial charge in [-0.25, -0.2) is 4.79 Å². The zero-order chi connectivity index (χ0) is 12.7. The summed E-state index contributed by atoms with van der Waals surface area (Å²) in [4.78, 5) is 29.6. The van der Waals surface area contributed by atoms with Crippen molar-refractivity contribution in [2.75, 3.05) is 0 Å². The maximum atomic E-state index is 12.1. The summed E-state index contributed by atoms with van der Waals surface area (Å²) in [5.41, 5.74) is 0.119. The predicted molar refractivity (Wildman–Crippen MR) is 68.0 cm³/mol. The smallest absolute Gasteiger partial charge is 0.325 e. The van der Waals surface area contributed by atoms with E-state index in [1.807, 2.05) is 13.8 Å². The van der Waals surface area contributed by atoms with Crippen LogP contribution in [0.4, 0.5) is 0 Å². The highest BCUT2D eigenvalue weighted by molar-refractivity contribution is 7.71. The minimum absolute atomic E-state index is 0.00162. The van der Waals surface area contributed by atoms with Gasteiger partial charge in [0.15, 0.2) is 4.77 Å². The normalized spacial score (nSPS) is 13.1.